The van der Waals surface area contributed by atoms with Crippen LogP contribution in [0.1, 0.15) is 30.4 Å². The van der Waals surface area contributed by atoms with E-state index in [0.717, 1.165) is 15.6 Å². The number of allylic oxidation sites excluding steroid dienone is 1. The van der Waals surface area contributed by atoms with Gasteiger partial charge in [-0.3, -0.25) is 4.79 Å². The second kappa shape index (κ2) is 9.42. The first-order valence-corrected chi connectivity index (χ1v) is 10.4. The van der Waals surface area contributed by atoms with E-state index in [1.807, 2.05) is 42.5 Å². The summed E-state index contributed by atoms with van der Waals surface area (Å²) in [7, 11) is 0. The van der Waals surface area contributed by atoms with Gasteiger partial charge in [-0.05, 0) is 36.2 Å². The fourth-order valence-corrected chi connectivity index (χ4v) is 4.01. The highest BCUT2D eigenvalue weighted by atomic mass is 79.9. The van der Waals surface area contributed by atoms with Crippen LogP contribution in [0.4, 0.5) is 0 Å². The number of carbonyl (C=O) groups excluding carboxylic acids is 2. The summed E-state index contributed by atoms with van der Waals surface area (Å²) < 4.78 is 6.30. The molecule has 0 saturated heterocycles. The smallest absolute Gasteiger partial charge is 0.336 e. The van der Waals surface area contributed by atoms with Gasteiger partial charge in [-0.15, -0.1) is 0 Å². The van der Waals surface area contributed by atoms with Gasteiger partial charge in [0.05, 0.1) is 12.1 Å². The van der Waals surface area contributed by atoms with Gasteiger partial charge in [0, 0.05) is 27.5 Å². The monoisotopic (exact) mass is 473 g/mol. The molecule has 0 saturated carbocycles. The highest BCUT2D eigenvalue weighted by Gasteiger charge is 2.37. The highest BCUT2D eigenvalue weighted by molar-refractivity contribution is 9.10. The van der Waals surface area contributed by atoms with Gasteiger partial charge in [0.25, 0.3) is 0 Å². The van der Waals surface area contributed by atoms with Crippen LogP contribution in [0, 0.1) is 0 Å². The Morgan fingerprint density at radius 3 is 2.62 bits per heavy atom. The second-order valence-electron chi connectivity index (χ2n) is 6.77. The summed E-state index contributed by atoms with van der Waals surface area (Å²) in [6.07, 6.45) is 1.67. The quantitative estimate of drug-likeness (QED) is 0.403. The van der Waals surface area contributed by atoms with Crippen LogP contribution in [0.25, 0.3) is 0 Å². The lowest BCUT2D eigenvalue weighted by Crippen LogP contribution is -2.38. The topological polar surface area (TPSA) is 46.6 Å². The molecule has 150 valence electrons. The molecule has 6 heteroatoms. The number of hydrogen-bond donors (Lipinski definition) is 0. The summed E-state index contributed by atoms with van der Waals surface area (Å²) in [6.45, 7) is 5.86. The van der Waals surface area contributed by atoms with Crippen LogP contribution in [0.15, 0.2) is 76.9 Å². The zero-order valence-corrected chi connectivity index (χ0v) is 18.4. The Morgan fingerprint density at radius 1 is 1.28 bits per heavy atom. The predicted octanol–water partition coefficient (Wildman–Crippen LogP) is 5.62. The third-order valence-corrected chi connectivity index (χ3v) is 5.78. The summed E-state index contributed by atoms with van der Waals surface area (Å²) in [6, 6.07) is 15.0. The van der Waals surface area contributed by atoms with Gasteiger partial charge in [-0.2, -0.15) is 0 Å². The van der Waals surface area contributed by atoms with Crippen molar-refractivity contribution in [2.45, 2.75) is 25.8 Å². The molecule has 1 aliphatic rings. The summed E-state index contributed by atoms with van der Waals surface area (Å²) in [4.78, 5) is 27.6. The number of carbonyl (C=O) groups is 2. The van der Waals surface area contributed by atoms with Crippen LogP contribution in [0.3, 0.4) is 0 Å². The molecule has 2 aromatic rings. The van der Waals surface area contributed by atoms with Crippen LogP contribution < -0.4 is 0 Å². The number of esters is 1. The third-order valence-electron chi connectivity index (χ3n) is 4.91. The van der Waals surface area contributed by atoms with E-state index in [0.29, 0.717) is 22.8 Å². The van der Waals surface area contributed by atoms with Crippen molar-refractivity contribution >= 4 is 39.4 Å². The Kier molecular flexibility index (Phi) is 6.93. The first kappa shape index (κ1) is 21.3. The van der Waals surface area contributed by atoms with E-state index in [9.17, 15) is 9.59 Å². The first-order valence-electron chi connectivity index (χ1n) is 9.20. The minimum atomic E-state index is -0.458. The van der Waals surface area contributed by atoms with Gasteiger partial charge in [-0.25, -0.2) is 4.79 Å². The molecule has 3 rings (SSSR count). The van der Waals surface area contributed by atoms with Crippen molar-refractivity contribution in [1.29, 1.82) is 0 Å². The summed E-state index contributed by atoms with van der Waals surface area (Å²) in [5.74, 6) is -0.967. The van der Waals surface area contributed by atoms with E-state index < -0.39 is 11.9 Å². The van der Waals surface area contributed by atoms with Crippen molar-refractivity contribution < 1.29 is 14.3 Å². The maximum Gasteiger partial charge on any atom is 0.336 e. The fraction of sp³-hybridized carbons (Fsp3) is 0.217. The van der Waals surface area contributed by atoms with Gasteiger partial charge >= 0.3 is 5.97 Å². The van der Waals surface area contributed by atoms with Gasteiger partial charge in [-0.1, -0.05) is 70.5 Å². The van der Waals surface area contributed by atoms with Crippen molar-refractivity contribution in [2.75, 3.05) is 6.61 Å². The van der Waals surface area contributed by atoms with Crippen LogP contribution >= 0.6 is 27.5 Å². The number of rotatable bonds is 6. The molecule has 0 N–H and O–H groups in total. The Bertz CT molecular complexity index is 968. The molecule has 4 nitrogen and oxygen atoms in total. The average molecular weight is 475 g/mol. The maximum atomic E-state index is 13.0. The molecule has 1 heterocycles. The molecule has 0 aliphatic carbocycles. The van der Waals surface area contributed by atoms with Gasteiger partial charge in [0.15, 0.2) is 0 Å². The van der Waals surface area contributed by atoms with Gasteiger partial charge in [0.1, 0.15) is 6.61 Å². The van der Waals surface area contributed by atoms with Gasteiger partial charge in [0.2, 0.25) is 5.91 Å². The second-order valence-corrected chi connectivity index (χ2v) is 8.09. The van der Waals surface area contributed by atoms with Crippen molar-refractivity contribution in [2.24, 2.45) is 0 Å². The number of amides is 1. The molecule has 1 amide bonds. The SMILES string of the molecule is C=CCOC(=O)C1=C(C)N(Cc2ccc(Br)cc2)C(=O)CC1c1ccccc1Cl. The molecule has 0 aromatic heterocycles. The zero-order chi connectivity index (χ0) is 21.0. The lowest BCUT2D eigenvalue weighted by Gasteiger charge is -2.34. The molecule has 0 spiro atoms. The van der Waals surface area contributed by atoms with Crippen molar-refractivity contribution in [1.82, 2.24) is 4.90 Å². The summed E-state index contributed by atoms with van der Waals surface area (Å²) >= 11 is 9.80. The van der Waals surface area contributed by atoms with Crippen LogP contribution in [0.2, 0.25) is 5.02 Å². The number of hydrogen-bond acceptors (Lipinski definition) is 3. The first-order chi connectivity index (χ1) is 13.9. The van der Waals surface area contributed by atoms with Crippen LogP contribution in [-0.4, -0.2) is 23.4 Å². The standard InChI is InChI=1S/C23H21BrClNO3/c1-3-12-29-23(28)22-15(2)26(14-16-8-10-17(24)11-9-16)21(27)13-19(22)18-6-4-5-7-20(18)25/h3-11,19H,1,12-14H2,2H3. The summed E-state index contributed by atoms with van der Waals surface area (Å²) in [5.41, 5.74) is 2.76. The van der Waals surface area contributed by atoms with E-state index in [1.165, 1.54) is 6.08 Å². The normalized spacial score (nSPS) is 16.7. The lowest BCUT2D eigenvalue weighted by molar-refractivity contribution is -0.139. The molecular weight excluding hydrogens is 454 g/mol. The number of nitrogens with zero attached hydrogens (tertiary/aromatic N) is 1. The molecule has 1 unspecified atom stereocenters. The van der Waals surface area contributed by atoms with E-state index >= 15 is 0 Å². The van der Waals surface area contributed by atoms with Crippen molar-refractivity contribution in [3.8, 4) is 0 Å². The van der Waals surface area contributed by atoms with Crippen LogP contribution in [-0.2, 0) is 20.9 Å². The van der Waals surface area contributed by atoms with Gasteiger partial charge < -0.3 is 9.64 Å². The molecule has 1 atom stereocenters. The van der Waals surface area contributed by atoms with E-state index in [1.54, 1.807) is 17.9 Å². The van der Waals surface area contributed by atoms with E-state index in [-0.39, 0.29) is 18.9 Å². The molecule has 1 aliphatic heterocycles. The molecule has 0 radical (unpaired) electrons. The maximum absolute atomic E-state index is 13.0. The van der Waals surface area contributed by atoms with Crippen molar-refractivity contribution in [3.05, 3.63) is 93.1 Å². The molecule has 29 heavy (non-hydrogen) atoms. The minimum Gasteiger partial charge on any atom is -0.458 e. The molecule has 0 fully saturated rings. The Hall–Kier alpha value is -2.37. The Labute approximate surface area is 183 Å². The van der Waals surface area contributed by atoms with E-state index in [2.05, 4.69) is 22.5 Å². The summed E-state index contributed by atoms with van der Waals surface area (Å²) in [5, 5.41) is 0.522. The largest absolute Gasteiger partial charge is 0.458 e. The van der Waals surface area contributed by atoms with Crippen molar-refractivity contribution in [3.63, 3.8) is 0 Å². The fourth-order valence-electron chi connectivity index (χ4n) is 3.48. The minimum absolute atomic E-state index is 0.0596. The number of ether oxygens (including phenoxy) is 1. The Morgan fingerprint density at radius 2 is 1.97 bits per heavy atom. The third kappa shape index (κ3) is 4.80. The predicted molar refractivity (Wildman–Crippen MR) is 117 cm³/mol. The number of benzene rings is 2. The molecular formula is C23H21BrClNO3. The molecule has 0 bridgehead atoms. The van der Waals surface area contributed by atoms with E-state index in [4.69, 9.17) is 16.3 Å². The van der Waals surface area contributed by atoms with Crippen LogP contribution in [0.5, 0.6) is 0 Å². The Balaban J connectivity index is 2.03. The zero-order valence-electron chi connectivity index (χ0n) is 16.0. The average Bonchev–Trinajstić information content (AvgIpc) is 2.70. The lowest BCUT2D eigenvalue weighted by atomic mass is 9.83. The number of halogens is 2. The highest BCUT2D eigenvalue weighted by Crippen LogP contribution is 2.40. The molecule has 2 aromatic carbocycles.